The summed E-state index contributed by atoms with van der Waals surface area (Å²) in [6.07, 6.45) is 2.24. The number of hydrogen-bond donors (Lipinski definition) is 0. The minimum absolute atomic E-state index is 0.0312. The summed E-state index contributed by atoms with van der Waals surface area (Å²) < 4.78 is 15.2. The number of pyridine rings is 1. The fourth-order valence-corrected chi connectivity index (χ4v) is 4.22. The van der Waals surface area contributed by atoms with Crippen molar-refractivity contribution in [2.24, 2.45) is 5.41 Å². The number of anilines is 1. The number of halogens is 2. The Bertz CT molecular complexity index is 989. The first kappa shape index (κ1) is 19.8. The third-order valence-corrected chi connectivity index (χ3v) is 5.80. The molecule has 2 aliphatic rings. The zero-order valence-electron chi connectivity index (χ0n) is 16.7. The number of nitrogens with zero attached hydrogens (tertiary/aromatic N) is 5. The van der Waals surface area contributed by atoms with E-state index >= 15 is 0 Å². The number of rotatable bonds is 3. The predicted octanol–water partition coefficient (Wildman–Crippen LogP) is 2.81. The molecule has 2 aromatic heterocycles. The molecule has 9 heteroatoms. The molecule has 0 saturated carbocycles. The molecular formula is C20H23ClFN5O2. The van der Waals surface area contributed by atoms with E-state index in [9.17, 15) is 14.0 Å². The average Bonchev–Trinajstić information content (AvgIpc) is 3.15. The van der Waals surface area contributed by atoms with Crippen molar-refractivity contribution in [1.82, 2.24) is 19.7 Å². The Morgan fingerprint density at radius 2 is 2.14 bits per heavy atom. The van der Waals surface area contributed by atoms with Gasteiger partial charge in [0.1, 0.15) is 0 Å². The summed E-state index contributed by atoms with van der Waals surface area (Å²) in [6, 6.07) is 2.62. The fourth-order valence-electron chi connectivity index (χ4n) is 4.05. The fraction of sp³-hybridized carbons (Fsp3) is 0.500. The Kier molecular flexibility index (Phi) is 4.85. The zero-order valence-corrected chi connectivity index (χ0v) is 17.4. The molecule has 1 saturated heterocycles. The van der Waals surface area contributed by atoms with Crippen LogP contribution in [0.25, 0.3) is 0 Å². The maximum atomic E-state index is 13.3. The summed E-state index contributed by atoms with van der Waals surface area (Å²) in [5, 5.41) is 4.21. The first-order chi connectivity index (χ1) is 13.6. The highest BCUT2D eigenvalue weighted by Gasteiger charge is 2.39. The van der Waals surface area contributed by atoms with Crippen molar-refractivity contribution < 1.29 is 14.0 Å². The van der Waals surface area contributed by atoms with Crippen LogP contribution < -0.4 is 4.90 Å². The molecular weight excluding hydrogens is 397 g/mol. The van der Waals surface area contributed by atoms with Crippen molar-refractivity contribution >= 4 is 29.1 Å². The molecule has 154 valence electrons. The van der Waals surface area contributed by atoms with E-state index in [0.717, 1.165) is 11.4 Å². The van der Waals surface area contributed by atoms with Crippen LogP contribution >= 0.6 is 11.6 Å². The van der Waals surface area contributed by atoms with Crippen LogP contribution in [0.5, 0.6) is 0 Å². The average molecular weight is 420 g/mol. The van der Waals surface area contributed by atoms with E-state index in [0.29, 0.717) is 31.7 Å². The zero-order chi connectivity index (χ0) is 20.9. The van der Waals surface area contributed by atoms with Crippen LogP contribution in [0.2, 0.25) is 5.15 Å². The van der Waals surface area contributed by atoms with Gasteiger partial charge in [-0.05, 0) is 24.5 Å². The van der Waals surface area contributed by atoms with Gasteiger partial charge in [0.2, 0.25) is 11.8 Å². The molecule has 0 spiro atoms. The van der Waals surface area contributed by atoms with Gasteiger partial charge >= 0.3 is 0 Å². The molecule has 4 heterocycles. The molecule has 29 heavy (non-hydrogen) atoms. The first-order valence-electron chi connectivity index (χ1n) is 9.60. The van der Waals surface area contributed by atoms with E-state index in [1.54, 1.807) is 16.0 Å². The molecule has 0 bridgehead atoms. The molecule has 2 aromatic rings. The monoisotopic (exact) mass is 419 g/mol. The minimum Gasteiger partial charge on any atom is -0.332 e. The smallest absolute Gasteiger partial charge is 0.229 e. The lowest BCUT2D eigenvalue weighted by Crippen LogP contribution is -2.46. The second-order valence-corrected chi connectivity index (χ2v) is 8.96. The predicted molar refractivity (Wildman–Crippen MR) is 106 cm³/mol. The van der Waals surface area contributed by atoms with Crippen LogP contribution in [0.3, 0.4) is 0 Å². The van der Waals surface area contributed by atoms with E-state index in [2.05, 4.69) is 23.9 Å². The van der Waals surface area contributed by atoms with Gasteiger partial charge in [-0.25, -0.2) is 9.37 Å². The number of amides is 2. The summed E-state index contributed by atoms with van der Waals surface area (Å²) in [5.74, 6) is -0.660. The Morgan fingerprint density at radius 3 is 2.79 bits per heavy atom. The summed E-state index contributed by atoms with van der Waals surface area (Å²) in [5.41, 5.74) is 1.96. The van der Waals surface area contributed by atoms with Crippen molar-refractivity contribution in [3.63, 3.8) is 0 Å². The highest BCUT2D eigenvalue weighted by Crippen LogP contribution is 2.36. The summed E-state index contributed by atoms with van der Waals surface area (Å²) in [4.78, 5) is 32.9. The second kappa shape index (κ2) is 7.09. The molecule has 0 radical (unpaired) electrons. The van der Waals surface area contributed by atoms with Crippen LogP contribution in [0, 0.1) is 11.2 Å². The molecule has 0 aromatic carbocycles. The van der Waals surface area contributed by atoms with Crippen molar-refractivity contribution in [1.29, 1.82) is 0 Å². The Morgan fingerprint density at radius 1 is 1.38 bits per heavy atom. The molecule has 4 rings (SSSR count). The first-order valence-corrected chi connectivity index (χ1v) is 9.98. The van der Waals surface area contributed by atoms with Gasteiger partial charge in [0, 0.05) is 19.0 Å². The highest BCUT2D eigenvalue weighted by atomic mass is 35.5. The normalized spacial score (nSPS) is 20.9. The van der Waals surface area contributed by atoms with Gasteiger partial charge < -0.3 is 9.80 Å². The standard InChI is InChI=1S/C20H23ClFN5O2/c1-12-9-27-16(15(8-23-27)26-11-20(2,3)7-18(26)29)10-25(12)17(28)6-13-4-5-14(22)19(21)24-13/h4-5,8,12H,6-7,9-11H2,1-3H3/t12-/m0/s1. The second-order valence-electron chi connectivity index (χ2n) is 8.60. The Balaban J connectivity index is 1.56. The molecule has 7 nitrogen and oxygen atoms in total. The van der Waals surface area contributed by atoms with Crippen LogP contribution in [0.4, 0.5) is 10.1 Å². The summed E-state index contributed by atoms with van der Waals surface area (Å²) in [7, 11) is 0. The van der Waals surface area contributed by atoms with Gasteiger partial charge in [0.15, 0.2) is 11.0 Å². The molecule has 2 amide bonds. The Labute approximate surface area is 173 Å². The van der Waals surface area contributed by atoms with Crippen LogP contribution in [-0.4, -0.2) is 44.1 Å². The van der Waals surface area contributed by atoms with E-state index in [1.807, 2.05) is 11.6 Å². The topological polar surface area (TPSA) is 71.3 Å². The SMILES string of the molecule is C[C@H]1Cn2ncc(N3CC(C)(C)CC3=O)c2CN1C(=O)Cc1ccc(F)c(Cl)n1. The molecule has 0 N–H and O–H groups in total. The van der Waals surface area contributed by atoms with Crippen molar-refractivity contribution in [2.45, 2.75) is 52.7 Å². The minimum atomic E-state index is -0.610. The van der Waals surface area contributed by atoms with Gasteiger partial charge in [0.05, 0.1) is 42.8 Å². The lowest BCUT2D eigenvalue weighted by Gasteiger charge is -2.35. The number of fused-ring (bicyclic) bond motifs is 1. The van der Waals surface area contributed by atoms with Crippen LogP contribution in [-0.2, 0) is 29.1 Å². The number of carbonyl (C=O) groups excluding carboxylic acids is 2. The van der Waals surface area contributed by atoms with Crippen molar-refractivity contribution in [3.05, 3.63) is 40.7 Å². The van der Waals surface area contributed by atoms with Gasteiger partial charge in [-0.3, -0.25) is 14.3 Å². The molecule has 0 aliphatic carbocycles. The summed E-state index contributed by atoms with van der Waals surface area (Å²) >= 11 is 5.73. The quantitative estimate of drug-likeness (QED) is 0.717. The Hall–Kier alpha value is -2.48. The largest absolute Gasteiger partial charge is 0.332 e. The third kappa shape index (κ3) is 3.73. The molecule has 1 fully saturated rings. The van der Waals surface area contributed by atoms with Crippen molar-refractivity contribution in [3.8, 4) is 0 Å². The molecule has 2 aliphatic heterocycles. The van der Waals surface area contributed by atoms with Crippen LogP contribution in [0.1, 0.15) is 38.6 Å². The number of carbonyl (C=O) groups is 2. The maximum absolute atomic E-state index is 13.3. The van der Waals surface area contributed by atoms with E-state index in [-0.39, 0.29) is 34.8 Å². The number of hydrogen-bond acceptors (Lipinski definition) is 4. The molecule has 0 unspecified atom stereocenters. The van der Waals surface area contributed by atoms with Gasteiger partial charge in [-0.1, -0.05) is 25.4 Å². The van der Waals surface area contributed by atoms with Crippen LogP contribution in [0.15, 0.2) is 18.3 Å². The summed E-state index contributed by atoms with van der Waals surface area (Å²) in [6.45, 7) is 7.63. The van der Waals surface area contributed by atoms with Crippen molar-refractivity contribution in [2.75, 3.05) is 11.4 Å². The van der Waals surface area contributed by atoms with Gasteiger partial charge in [-0.2, -0.15) is 5.10 Å². The highest BCUT2D eigenvalue weighted by molar-refractivity contribution is 6.29. The lowest BCUT2D eigenvalue weighted by atomic mass is 9.93. The van der Waals surface area contributed by atoms with Gasteiger partial charge in [-0.15, -0.1) is 0 Å². The lowest BCUT2D eigenvalue weighted by molar-refractivity contribution is -0.134. The number of aromatic nitrogens is 3. The molecule has 1 atom stereocenters. The van der Waals surface area contributed by atoms with Gasteiger partial charge in [0.25, 0.3) is 0 Å². The van der Waals surface area contributed by atoms with E-state index in [4.69, 9.17) is 11.6 Å². The third-order valence-electron chi connectivity index (χ3n) is 5.54. The van der Waals surface area contributed by atoms with E-state index < -0.39 is 5.82 Å². The maximum Gasteiger partial charge on any atom is 0.229 e. The van der Waals surface area contributed by atoms with E-state index in [1.165, 1.54) is 12.1 Å².